The molecule has 136 valence electrons. The summed E-state index contributed by atoms with van der Waals surface area (Å²) in [5.41, 5.74) is 0. The number of rotatable bonds is 11. The van der Waals surface area contributed by atoms with E-state index in [9.17, 15) is 4.79 Å². The van der Waals surface area contributed by atoms with Crippen LogP contribution in [0.2, 0.25) is 0 Å². The summed E-state index contributed by atoms with van der Waals surface area (Å²) in [5, 5.41) is 0. The number of carbonyl (C=O) groups is 1. The van der Waals surface area contributed by atoms with E-state index < -0.39 is 0 Å². The first kappa shape index (κ1) is 20.5. The van der Waals surface area contributed by atoms with Crippen molar-refractivity contribution in [2.75, 3.05) is 6.61 Å². The molecule has 0 aromatic rings. The highest BCUT2D eigenvalue weighted by molar-refractivity contribution is 5.72. The van der Waals surface area contributed by atoms with Gasteiger partial charge in [-0.15, -0.1) is 0 Å². The number of unbranched alkanes of at least 4 members (excludes halogenated alkanes) is 3. The number of esters is 1. The first-order valence-electron chi connectivity index (χ1n) is 9.90. The number of hydrogen-bond donors (Lipinski definition) is 0. The molecular weight excluding hydrogens is 288 g/mol. The maximum atomic E-state index is 12.3. The van der Waals surface area contributed by atoms with E-state index in [1.807, 2.05) is 13.8 Å². The minimum atomic E-state index is -0.151. The predicted molar refractivity (Wildman–Crippen MR) is 95.5 cm³/mol. The molecule has 1 saturated carbocycles. The lowest BCUT2D eigenvalue weighted by Gasteiger charge is -2.29. The molecule has 2 unspecified atom stereocenters. The SMILES string of the molecule is CCCCC[C@H]1CC[C@H](C(=O)OC(C)C(C)OCCCC)CC1. The Balaban J connectivity index is 2.22. The summed E-state index contributed by atoms with van der Waals surface area (Å²) >= 11 is 0. The fourth-order valence-corrected chi connectivity index (χ4v) is 3.29. The van der Waals surface area contributed by atoms with Crippen molar-refractivity contribution in [2.45, 2.75) is 104 Å². The standard InChI is InChI=1S/C20H38O3/c1-5-7-9-10-18-11-13-19(14-12-18)20(21)23-17(4)16(3)22-15-8-6-2/h16-19H,5-15H2,1-4H3/t16?,17?,18-,19-. The van der Waals surface area contributed by atoms with Crippen LogP contribution in [0.3, 0.4) is 0 Å². The molecular formula is C20H38O3. The van der Waals surface area contributed by atoms with E-state index in [0.717, 1.165) is 38.2 Å². The van der Waals surface area contributed by atoms with Gasteiger partial charge in [-0.25, -0.2) is 0 Å². The molecule has 0 amide bonds. The fraction of sp³-hybridized carbons (Fsp3) is 0.950. The van der Waals surface area contributed by atoms with E-state index in [1.165, 1.54) is 38.5 Å². The topological polar surface area (TPSA) is 35.5 Å². The van der Waals surface area contributed by atoms with Gasteiger partial charge in [0.05, 0.1) is 12.0 Å². The average Bonchev–Trinajstić information content (AvgIpc) is 2.55. The number of ether oxygens (including phenoxy) is 2. The Morgan fingerprint density at radius 2 is 1.61 bits per heavy atom. The molecule has 0 heterocycles. The van der Waals surface area contributed by atoms with E-state index in [2.05, 4.69) is 13.8 Å². The second-order valence-corrected chi connectivity index (χ2v) is 7.28. The van der Waals surface area contributed by atoms with E-state index in [-0.39, 0.29) is 24.1 Å². The van der Waals surface area contributed by atoms with Crippen LogP contribution in [0, 0.1) is 11.8 Å². The van der Waals surface area contributed by atoms with E-state index in [0.29, 0.717) is 0 Å². The first-order valence-corrected chi connectivity index (χ1v) is 9.90. The number of carbonyl (C=O) groups excluding carboxylic acids is 1. The normalized spacial score (nSPS) is 24.2. The van der Waals surface area contributed by atoms with Gasteiger partial charge in [0.1, 0.15) is 6.10 Å². The van der Waals surface area contributed by atoms with Crippen LogP contribution in [-0.2, 0) is 14.3 Å². The van der Waals surface area contributed by atoms with Crippen molar-refractivity contribution in [1.82, 2.24) is 0 Å². The maximum absolute atomic E-state index is 12.3. The van der Waals surface area contributed by atoms with Crippen molar-refractivity contribution in [3.63, 3.8) is 0 Å². The van der Waals surface area contributed by atoms with Crippen molar-refractivity contribution in [2.24, 2.45) is 11.8 Å². The van der Waals surface area contributed by atoms with Crippen LogP contribution in [0.1, 0.15) is 91.9 Å². The molecule has 3 heteroatoms. The molecule has 0 radical (unpaired) electrons. The molecule has 0 N–H and O–H groups in total. The summed E-state index contributed by atoms with van der Waals surface area (Å²) in [4.78, 5) is 12.3. The summed E-state index contributed by atoms with van der Waals surface area (Å²) in [6.07, 6.45) is 11.7. The first-order chi connectivity index (χ1) is 11.1. The van der Waals surface area contributed by atoms with E-state index in [1.54, 1.807) is 0 Å². The lowest BCUT2D eigenvalue weighted by molar-refractivity contribution is -0.161. The molecule has 0 aromatic heterocycles. The second-order valence-electron chi connectivity index (χ2n) is 7.28. The zero-order valence-electron chi connectivity index (χ0n) is 15.8. The Hall–Kier alpha value is -0.570. The maximum Gasteiger partial charge on any atom is 0.309 e. The quantitative estimate of drug-likeness (QED) is 0.371. The van der Waals surface area contributed by atoms with Crippen LogP contribution in [0.15, 0.2) is 0 Å². The zero-order chi connectivity index (χ0) is 17.1. The lowest BCUT2D eigenvalue weighted by Crippen LogP contribution is -2.33. The lowest BCUT2D eigenvalue weighted by atomic mass is 9.80. The third kappa shape index (κ3) is 8.19. The van der Waals surface area contributed by atoms with Crippen LogP contribution >= 0.6 is 0 Å². The van der Waals surface area contributed by atoms with E-state index in [4.69, 9.17) is 9.47 Å². The molecule has 0 bridgehead atoms. The summed E-state index contributed by atoms with van der Waals surface area (Å²) in [6.45, 7) is 9.10. The third-order valence-electron chi connectivity index (χ3n) is 5.24. The van der Waals surface area contributed by atoms with Gasteiger partial charge in [0.2, 0.25) is 0 Å². The van der Waals surface area contributed by atoms with Gasteiger partial charge in [-0.05, 0) is 51.9 Å². The van der Waals surface area contributed by atoms with Gasteiger partial charge < -0.3 is 9.47 Å². The van der Waals surface area contributed by atoms with Gasteiger partial charge in [0, 0.05) is 6.61 Å². The fourth-order valence-electron chi connectivity index (χ4n) is 3.29. The van der Waals surface area contributed by atoms with Crippen molar-refractivity contribution in [1.29, 1.82) is 0 Å². The molecule has 1 aliphatic rings. The van der Waals surface area contributed by atoms with Crippen molar-refractivity contribution in [3.8, 4) is 0 Å². The molecule has 3 nitrogen and oxygen atoms in total. The molecule has 0 aromatic carbocycles. The summed E-state index contributed by atoms with van der Waals surface area (Å²) in [6, 6.07) is 0. The average molecular weight is 327 g/mol. The zero-order valence-corrected chi connectivity index (χ0v) is 15.8. The molecule has 2 atom stereocenters. The highest BCUT2D eigenvalue weighted by Crippen LogP contribution is 2.33. The molecule has 0 spiro atoms. The van der Waals surface area contributed by atoms with Crippen molar-refractivity contribution < 1.29 is 14.3 Å². The molecule has 0 aliphatic heterocycles. The monoisotopic (exact) mass is 326 g/mol. The molecule has 1 aliphatic carbocycles. The van der Waals surface area contributed by atoms with Crippen LogP contribution in [0.4, 0.5) is 0 Å². The van der Waals surface area contributed by atoms with Gasteiger partial charge in [0.25, 0.3) is 0 Å². The smallest absolute Gasteiger partial charge is 0.309 e. The van der Waals surface area contributed by atoms with Crippen LogP contribution in [0.25, 0.3) is 0 Å². The molecule has 1 fully saturated rings. The molecule has 23 heavy (non-hydrogen) atoms. The predicted octanol–water partition coefficient (Wildman–Crippen LogP) is 5.51. The summed E-state index contributed by atoms with van der Waals surface area (Å²) < 4.78 is 11.4. The molecule has 0 saturated heterocycles. The van der Waals surface area contributed by atoms with Crippen molar-refractivity contribution >= 4 is 5.97 Å². The minimum absolute atomic E-state index is 0.00421. The number of hydrogen-bond acceptors (Lipinski definition) is 3. The summed E-state index contributed by atoms with van der Waals surface area (Å²) in [7, 11) is 0. The van der Waals surface area contributed by atoms with Gasteiger partial charge in [-0.1, -0.05) is 46.0 Å². The van der Waals surface area contributed by atoms with Gasteiger partial charge in [0.15, 0.2) is 0 Å². The van der Waals surface area contributed by atoms with Crippen molar-refractivity contribution in [3.05, 3.63) is 0 Å². The van der Waals surface area contributed by atoms with Crippen LogP contribution in [-0.4, -0.2) is 24.8 Å². The minimum Gasteiger partial charge on any atom is -0.460 e. The van der Waals surface area contributed by atoms with Crippen LogP contribution < -0.4 is 0 Å². The van der Waals surface area contributed by atoms with Gasteiger partial charge in [-0.3, -0.25) is 4.79 Å². The molecule has 1 rings (SSSR count). The Morgan fingerprint density at radius 1 is 0.957 bits per heavy atom. The Kier molecular flexibility index (Phi) is 10.6. The highest BCUT2D eigenvalue weighted by atomic mass is 16.6. The highest BCUT2D eigenvalue weighted by Gasteiger charge is 2.29. The van der Waals surface area contributed by atoms with Gasteiger partial charge >= 0.3 is 5.97 Å². The van der Waals surface area contributed by atoms with Gasteiger partial charge in [-0.2, -0.15) is 0 Å². The Bertz CT molecular complexity index is 308. The summed E-state index contributed by atoms with van der Waals surface area (Å²) in [5.74, 6) is 0.942. The largest absolute Gasteiger partial charge is 0.460 e. The third-order valence-corrected chi connectivity index (χ3v) is 5.24. The Labute approximate surface area is 143 Å². The second kappa shape index (κ2) is 11.9. The Morgan fingerprint density at radius 3 is 2.22 bits per heavy atom. The van der Waals surface area contributed by atoms with Crippen LogP contribution in [0.5, 0.6) is 0 Å². The van der Waals surface area contributed by atoms with E-state index >= 15 is 0 Å².